The Kier molecular flexibility index (Phi) is 6.20. The lowest BCUT2D eigenvalue weighted by atomic mass is 10.1. The van der Waals surface area contributed by atoms with E-state index in [1.165, 1.54) is 10.8 Å². The summed E-state index contributed by atoms with van der Waals surface area (Å²) in [5.41, 5.74) is 7.74. The minimum absolute atomic E-state index is 0.138. The van der Waals surface area contributed by atoms with Gasteiger partial charge in [-0.3, -0.25) is 5.41 Å². The van der Waals surface area contributed by atoms with Crippen LogP contribution in [-0.2, 0) is 0 Å². The van der Waals surface area contributed by atoms with Crippen molar-refractivity contribution in [2.75, 3.05) is 0 Å². The monoisotopic (exact) mass is 565 g/mol. The summed E-state index contributed by atoms with van der Waals surface area (Å²) in [6, 6.07) is 49.1. The Bertz CT molecular complexity index is 2390. The number of aromatic amines is 1. The number of para-hydroxylation sites is 3. The molecule has 5 nitrogen and oxygen atoms in total. The molecule has 0 amide bonds. The Hall–Kier alpha value is -6.07. The highest BCUT2D eigenvalue weighted by atomic mass is 15.0. The van der Waals surface area contributed by atoms with E-state index in [4.69, 9.17) is 9.98 Å². The summed E-state index contributed by atoms with van der Waals surface area (Å²) in [7, 11) is 0. The van der Waals surface area contributed by atoms with Crippen molar-refractivity contribution in [3.05, 3.63) is 162 Å². The van der Waals surface area contributed by atoms with Crippen LogP contribution < -0.4 is 0 Å². The molecule has 2 heterocycles. The fraction of sp³-hybridized carbons (Fsp3) is 0. The fourth-order valence-corrected chi connectivity index (χ4v) is 6.09. The molecule has 2 N–H and O–H groups in total. The number of H-pyrrole nitrogens is 1. The van der Waals surface area contributed by atoms with Crippen LogP contribution in [0.15, 0.2) is 156 Å². The van der Waals surface area contributed by atoms with Crippen LogP contribution in [-0.4, -0.2) is 27.4 Å². The third kappa shape index (κ3) is 4.30. The largest absolute Gasteiger partial charge is 0.353 e. The van der Waals surface area contributed by atoms with E-state index in [-0.39, 0.29) is 5.84 Å². The van der Waals surface area contributed by atoms with E-state index < -0.39 is 0 Å². The van der Waals surface area contributed by atoms with Gasteiger partial charge in [0.05, 0.1) is 22.2 Å². The van der Waals surface area contributed by atoms with Crippen LogP contribution in [0.25, 0.3) is 49.3 Å². The molecule has 0 radical (unpaired) electrons. The topological polar surface area (TPSA) is 69.3 Å². The smallest absolute Gasteiger partial charge is 0.161 e. The summed E-state index contributed by atoms with van der Waals surface area (Å²) < 4.78 is 2.28. The first-order chi connectivity index (χ1) is 21.8. The molecule has 2 aromatic heterocycles. The number of fused-ring (bicyclic) bond motifs is 7. The number of hydrogen-bond acceptors (Lipinski definition) is 1. The maximum Gasteiger partial charge on any atom is 0.161 e. The fourth-order valence-electron chi connectivity index (χ4n) is 6.09. The number of rotatable bonds is 4. The number of aromatic nitrogens is 2. The number of nitrogens with one attached hydrogen (secondary N) is 2. The average molecular weight is 566 g/mol. The van der Waals surface area contributed by atoms with Gasteiger partial charge in [0, 0.05) is 44.4 Å². The van der Waals surface area contributed by atoms with Crippen molar-refractivity contribution in [1.82, 2.24) is 9.55 Å². The van der Waals surface area contributed by atoms with Gasteiger partial charge in [-0.15, -0.1) is 0 Å². The third-order valence-electron chi connectivity index (χ3n) is 8.10. The molecule has 208 valence electrons. The molecule has 5 heteroatoms. The molecule has 0 aliphatic rings. The second-order valence-electron chi connectivity index (χ2n) is 10.7. The molecule has 0 saturated carbocycles. The van der Waals surface area contributed by atoms with Crippen LogP contribution in [0.3, 0.4) is 0 Å². The lowest BCUT2D eigenvalue weighted by Gasteiger charge is -2.13. The third-order valence-corrected chi connectivity index (χ3v) is 8.10. The second-order valence-corrected chi connectivity index (χ2v) is 10.7. The molecular weight excluding hydrogens is 538 g/mol. The highest BCUT2D eigenvalue weighted by Gasteiger charge is 2.20. The van der Waals surface area contributed by atoms with Crippen molar-refractivity contribution in [2.45, 2.75) is 0 Å². The first-order valence-corrected chi connectivity index (χ1v) is 14.6. The SMILES string of the molecule is N=C(/N=C(\N=C\c1ccccc1)c1ccccc1)c1ccccc1-n1c2ccccc2c2ccc3c4ccccc4[nH]c3c21. The zero-order valence-electron chi connectivity index (χ0n) is 23.8. The van der Waals surface area contributed by atoms with Gasteiger partial charge in [-0.25, -0.2) is 9.98 Å². The summed E-state index contributed by atoms with van der Waals surface area (Å²) in [6.07, 6.45) is 1.80. The Balaban J connectivity index is 1.35. The lowest BCUT2D eigenvalue weighted by Crippen LogP contribution is -2.08. The number of benzene rings is 6. The van der Waals surface area contributed by atoms with Crippen LogP contribution in [0.2, 0.25) is 0 Å². The van der Waals surface area contributed by atoms with Gasteiger partial charge in [0.25, 0.3) is 0 Å². The van der Waals surface area contributed by atoms with Crippen LogP contribution in [0.1, 0.15) is 16.7 Å². The van der Waals surface area contributed by atoms with Gasteiger partial charge in [-0.1, -0.05) is 121 Å². The van der Waals surface area contributed by atoms with Gasteiger partial charge < -0.3 is 9.55 Å². The zero-order chi connectivity index (χ0) is 29.5. The van der Waals surface area contributed by atoms with Crippen LogP contribution in [0.5, 0.6) is 0 Å². The van der Waals surface area contributed by atoms with Crippen molar-refractivity contribution in [2.24, 2.45) is 9.98 Å². The minimum atomic E-state index is 0.138. The van der Waals surface area contributed by atoms with E-state index in [9.17, 15) is 5.41 Å². The quantitative estimate of drug-likeness (QED) is 0.158. The van der Waals surface area contributed by atoms with E-state index >= 15 is 0 Å². The average Bonchev–Trinajstić information content (AvgIpc) is 3.63. The molecule has 0 spiro atoms. The summed E-state index contributed by atoms with van der Waals surface area (Å²) in [6.45, 7) is 0. The molecule has 44 heavy (non-hydrogen) atoms. The van der Waals surface area contributed by atoms with Gasteiger partial charge in [-0.05, 0) is 29.8 Å². The van der Waals surface area contributed by atoms with Gasteiger partial charge >= 0.3 is 0 Å². The summed E-state index contributed by atoms with van der Waals surface area (Å²) >= 11 is 0. The van der Waals surface area contributed by atoms with E-state index in [0.29, 0.717) is 11.4 Å². The molecule has 8 rings (SSSR count). The highest BCUT2D eigenvalue weighted by Crippen LogP contribution is 2.39. The molecule has 8 aromatic rings. The van der Waals surface area contributed by atoms with Gasteiger partial charge in [0.15, 0.2) is 11.7 Å². The Morgan fingerprint density at radius 3 is 2.11 bits per heavy atom. The van der Waals surface area contributed by atoms with Crippen LogP contribution in [0.4, 0.5) is 0 Å². The van der Waals surface area contributed by atoms with Crippen molar-refractivity contribution in [1.29, 1.82) is 5.41 Å². The van der Waals surface area contributed by atoms with E-state index in [1.807, 2.05) is 78.9 Å². The Morgan fingerprint density at radius 2 is 1.27 bits per heavy atom. The zero-order valence-corrected chi connectivity index (χ0v) is 23.8. The van der Waals surface area contributed by atoms with Crippen molar-refractivity contribution in [3.8, 4) is 5.69 Å². The number of amidine groups is 2. The number of nitrogens with zero attached hydrogens (tertiary/aromatic N) is 3. The standard InChI is InChI=1S/C39H27N5/c40-38(43-39(27-15-5-2-6-16-27)41-25-26-13-3-1-4-14-26)32-19-9-12-22-35(32)44-34-21-11-8-18-29(34)31-24-23-30-28-17-7-10-20-33(28)42-36(30)37(31)44/h1-25,40,42H/b40-38?,41-25+,43-39-. The molecule has 0 bridgehead atoms. The first-order valence-electron chi connectivity index (χ1n) is 14.6. The van der Waals surface area contributed by atoms with Crippen LogP contribution in [0, 0.1) is 5.41 Å². The molecule has 0 atom stereocenters. The predicted octanol–water partition coefficient (Wildman–Crippen LogP) is 9.31. The Labute approximate surface area is 254 Å². The molecule has 0 aliphatic heterocycles. The minimum Gasteiger partial charge on any atom is -0.353 e. The highest BCUT2D eigenvalue weighted by molar-refractivity contribution is 6.23. The molecule has 0 saturated heterocycles. The van der Waals surface area contributed by atoms with Gasteiger partial charge in [0.2, 0.25) is 0 Å². The molecule has 6 aromatic carbocycles. The summed E-state index contributed by atoms with van der Waals surface area (Å²) in [4.78, 5) is 13.3. The van der Waals surface area contributed by atoms with Crippen LogP contribution >= 0.6 is 0 Å². The lowest BCUT2D eigenvalue weighted by molar-refractivity contribution is 1.17. The molecular formula is C39H27N5. The van der Waals surface area contributed by atoms with Crippen molar-refractivity contribution < 1.29 is 0 Å². The normalized spacial score (nSPS) is 12.2. The first kappa shape index (κ1) is 25.6. The summed E-state index contributed by atoms with van der Waals surface area (Å²) in [5, 5.41) is 14.0. The maximum atomic E-state index is 9.32. The van der Waals surface area contributed by atoms with Gasteiger partial charge in [0.1, 0.15) is 0 Å². The molecule has 0 fully saturated rings. The van der Waals surface area contributed by atoms with E-state index in [0.717, 1.165) is 49.7 Å². The maximum absolute atomic E-state index is 9.32. The van der Waals surface area contributed by atoms with E-state index in [1.54, 1.807) is 6.21 Å². The van der Waals surface area contributed by atoms with Crippen molar-refractivity contribution in [3.63, 3.8) is 0 Å². The van der Waals surface area contributed by atoms with E-state index in [2.05, 4.69) is 76.3 Å². The second kappa shape index (κ2) is 10.6. The molecule has 0 aliphatic carbocycles. The Morgan fingerprint density at radius 1 is 0.614 bits per heavy atom. The van der Waals surface area contributed by atoms with Crippen molar-refractivity contribution >= 4 is 61.5 Å². The predicted molar refractivity (Wildman–Crippen MR) is 184 cm³/mol. The summed E-state index contributed by atoms with van der Waals surface area (Å²) in [5.74, 6) is 0.619. The number of hydrogen-bond donors (Lipinski definition) is 2. The number of aliphatic imine (C=N–C) groups is 2. The molecule has 0 unspecified atom stereocenters. The van der Waals surface area contributed by atoms with Gasteiger partial charge in [-0.2, -0.15) is 0 Å².